The van der Waals surface area contributed by atoms with Crippen molar-refractivity contribution in [1.82, 2.24) is 4.90 Å². The molecule has 3 aromatic rings. The summed E-state index contributed by atoms with van der Waals surface area (Å²) in [6.45, 7) is 0.0422. The van der Waals surface area contributed by atoms with E-state index in [-0.39, 0.29) is 33.9 Å². The summed E-state index contributed by atoms with van der Waals surface area (Å²) in [7, 11) is 0. The topological polar surface area (TPSA) is 46.6 Å². The lowest BCUT2D eigenvalue weighted by molar-refractivity contribution is -0.123. The molecule has 168 valence electrons. The summed E-state index contributed by atoms with van der Waals surface area (Å²) in [5.41, 5.74) is 1.61. The van der Waals surface area contributed by atoms with Crippen molar-refractivity contribution in [3.63, 3.8) is 0 Å². The molecule has 0 aliphatic carbocycles. The van der Waals surface area contributed by atoms with Crippen molar-refractivity contribution in [3.8, 4) is 5.75 Å². The Bertz CT molecular complexity index is 1260. The van der Waals surface area contributed by atoms with Gasteiger partial charge in [0, 0.05) is 5.56 Å². The third-order valence-electron chi connectivity index (χ3n) is 4.80. The Labute approximate surface area is 208 Å². The van der Waals surface area contributed by atoms with Crippen LogP contribution in [-0.4, -0.2) is 16.0 Å². The van der Waals surface area contributed by atoms with Crippen molar-refractivity contribution in [2.24, 2.45) is 0 Å². The summed E-state index contributed by atoms with van der Waals surface area (Å²) in [4.78, 5) is 26.7. The van der Waals surface area contributed by atoms with Crippen molar-refractivity contribution in [2.75, 3.05) is 0 Å². The Morgan fingerprint density at radius 3 is 2.48 bits per heavy atom. The summed E-state index contributed by atoms with van der Waals surface area (Å²) in [5.74, 6) is -0.382. The van der Waals surface area contributed by atoms with Crippen LogP contribution < -0.4 is 4.74 Å². The Morgan fingerprint density at radius 2 is 1.73 bits per heavy atom. The van der Waals surface area contributed by atoms with Gasteiger partial charge in [0.25, 0.3) is 11.1 Å². The molecule has 2 amide bonds. The molecule has 0 aromatic heterocycles. The molecule has 4 rings (SSSR count). The SMILES string of the molecule is O=C1S/C(=C/c2cccc(OCc3c(F)cccc3Cl)c2)C(=O)N1Cc1ccc(Cl)c(Cl)c1. The van der Waals surface area contributed by atoms with Gasteiger partial charge in [-0.15, -0.1) is 0 Å². The highest BCUT2D eigenvalue weighted by Gasteiger charge is 2.35. The highest BCUT2D eigenvalue weighted by molar-refractivity contribution is 8.18. The summed E-state index contributed by atoms with van der Waals surface area (Å²) in [6, 6.07) is 16.3. The van der Waals surface area contributed by atoms with Crippen LogP contribution in [0.15, 0.2) is 65.6 Å². The minimum absolute atomic E-state index is 0.0465. The second-order valence-electron chi connectivity index (χ2n) is 7.08. The van der Waals surface area contributed by atoms with Crippen molar-refractivity contribution in [1.29, 1.82) is 0 Å². The fraction of sp³-hybridized carbons (Fsp3) is 0.0833. The first-order chi connectivity index (χ1) is 15.8. The molecule has 1 aliphatic rings. The molecule has 0 radical (unpaired) electrons. The number of hydrogen-bond donors (Lipinski definition) is 0. The van der Waals surface area contributed by atoms with Gasteiger partial charge < -0.3 is 4.74 Å². The zero-order valence-electron chi connectivity index (χ0n) is 16.9. The van der Waals surface area contributed by atoms with Gasteiger partial charge in [-0.2, -0.15) is 0 Å². The smallest absolute Gasteiger partial charge is 0.293 e. The van der Waals surface area contributed by atoms with Crippen LogP contribution in [0.5, 0.6) is 5.75 Å². The van der Waals surface area contributed by atoms with Crippen LogP contribution in [0.25, 0.3) is 6.08 Å². The first kappa shape index (κ1) is 23.6. The number of hydrogen-bond acceptors (Lipinski definition) is 4. The van der Waals surface area contributed by atoms with Gasteiger partial charge in [-0.25, -0.2) is 4.39 Å². The van der Waals surface area contributed by atoms with Crippen LogP contribution in [0.3, 0.4) is 0 Å². The van der Waals surface area contributed by atoms with Crippen LogP contribution in [-0.2, 0) is 17.9 Å². The van der Waals surface area contributed by atoms with Crippen molar-refractivity contribution in [3.05, 3.63) is 103 Å². The van der Waals surface area contributed by atoms with Crippen LogP contribution in [0, 0.1) is 5.82 Å². The van der Waals surface area contributed by atoms with E-state index in [1.54, 1.807) is 54.6 Å². The maximum absolute atomic E-state index is 14.0. The van der Waals surface area contributed by atoms with Gasteiger partial charge in [0.15, 0.2) is 0 Å². The second kappa shape index (κ2) is 10.2. The van der Waals surface area contributed by atoms with E-state index in [9.17, 15) is 14.0 Å². The van der Waals surface area contributed by atoms with Crippen LogP contribution >= 0.6 is 46.6 Å². The van der Waals surface area contributed by atoms with Crippen LogP contribution in [0.1, 0.15) is 16.7 Å². The summed E-state index contributed by atoms with van der Waals surface area (Å²) < 4.78 is 19.6. The average molecular weight is 523 g/mol. The van der Waals surface area contributed by atoms with Gasteiger partial charge in [-0.3, -0.25) is 14.5 Å². The molecule has 9 heteroatoms. The molecule has 3 aromatic carbocycles. The Hall–Kier alpha value is -2.51. The molecule has 4 nitrogen and oxygen atoms in total. The molecule has 1 aliphatic heterocycles. The lowest BCUT2D eigenvalue weighted by Gasteiger charge is -2.13. The third-order valence-corrected chi connectivity index (χ3v) is 6.80. The molecule has 0 bridgehead atoms. The molecule has 0 saturated carbocycles. The maximum atomic E-state index is 14.0. The van der Waals surface area contributed by atoms with Gasteiger partial charge in [0.1, 0.15) is 18.2 Å². The number of rotatable bonds is 6. The number of halogens is 4. The first-order valence-corrected chi connectivity index (χ1v) is 11.6. The van der Waals surface area contributed by atoms with Gasteiger partial charge in [-0.1, -0.05) is 59.1 Å². The first-order valence-electron chi connectivity index (χ1n) is 9.67. The van der Waals surface area contributed by atoms with E-state index < -0.39 is 11.7 Å². The number of amides is 2. The fourth-order valence-corrected chi connectivity index (χ4v) is 4.50. The van der Waals surface area contributed by atoms with Gasteiger partial charge in [0.05, 0.1) is 26.5 Å². The Balaban J connectivity index is 1.48. The lowest BCUT2D eigenvalue weighted by atomic mass is 10.2. The Kier molecular flexibility index (Phi) is 7.29. The monoisotopic (exact) mass is 521 g/mol. The van der Waals surface area contributed by atoms with Gasteiger partial charge in [-0.05, 0) is 65.4 Å². The molecule has 0 unspecified atom stereocenters. The number of nitrogens with zero attached hydrogens (tertiary/aromatic N) is 1. The van der Waals surface area contributed by atoms with E-state index in [2.05, 4.69) is 0 Å². The van der Waals surface area contributed by atoms with E-state index in [0.717, 1.165) is 16.7 Å². The van der Waals surface area contributed by atoms with Crippen molar-refractivity contribution < 1.29 is 18.7 Å². The van der Waals surface area contributed by atoms with Gasteiger partial charge in [0.2, 0.25) is 0 Å². The van der Waals surface area contributed by atoms with E-state index in [1.165, 1.54) is 12.1 Å². The summed E-state index contributed by atoms with van der Waals surface area (Å²) in [6.07, 6.45) is 1.61. The minimum atomic E-state index is -0.450. The quantitative estimate of drug-likeness (QED) is 0.313. The predicted molar refractivity (Wildman–Crippen MR) is 130 cm³/mol. The maximum Gasteiger partial charge on any atom is 0.293 e. The van der Waals surface area contributed by atoms with Crippen LogP contribution in [0.2, 0.25) is 15.1 Å². The number of ether oxygens (including phenoxy) is 1. The average Bonchev–Trinajstić information content (AvgIpc) is 3.03. The molecule has 0 N–H and O–H groups in total. The normalized spacial score (nSPS) is 14.9. The highest BCUT2D eigenvalue weighted by Crippen LogP contribution is 2.34. The molecule has 1 saturated heterocycles. The van der Waals surface area contributed by atoms with E-state index >= 15 is 0 Å². The highest BCUT2D eigenvalue weighted by atomic mass is 35.5. The molecular weight excluding hydrogens is 508 g/mol. The summed E-state index contributed by atoms with van der Waals surface area (Å²) >= 11 is 18.8. The number of thioether (sulfide) groups is 1. The molecule has 33 heavy (non-hydrogen) atoms. The largest absolute Gasteiger partial charge is 0.489 e. The van der Waals surface area contributed by atoms with Crippen molar-refractivity contribution >= 4 is 63.8 Å². The summed E-state index contributed by atoms with van der Waals surface area (Å²) in [5, 5.41) is 0.653. The second-order valence-corrected chi connectivity index (χ2v) is 9.29. The zero-order chi connectivity index (χ0) is 23.5. The van der Waals surface area contributed by atoms with E-state index in [0.29, 0.717) is 26.9 Å². The number of imide groups is 1. The molecule has 1 fully saturated rings. The third kappa shape index (κ3) is 5.53. The molecule has 1 heterocycles. The van der Waals surface area contributed by atoms with Crippen molar-refractivity contribution in [2.45, 2.75) is 13.2 Å². The standard InChI is InChI=1S/C24H15Cl3FNO3S/c25-18-5-2-6-21(28)17(18)13-32-16-4-1-3-14(9-16)11-22-23(30)29(24(31)33-22)12-15-7-8-19(26)20(27)10-15/h1-11H,12-13H2/b22-11+. The zero-order valence-corrected chi connectivity index (χ0v) is 19.9. The molecule has 0 spiro atoms. The van der Waals surface area contributed by atoms with E-state index in [1.807, 2.05) is 0 Å². The minimum Gasteiger partial charge on any atom is -0.489 e. The number of carbonyl (C=O) groups is 2. The lowest BCUT2D eigenvalue weighted by Crippen LogP contribution is -2.27. The Morgan fingerprint density at radius 1 is 0.939 bits per heavy atom. The predicted octanol–water partition coefficient (Wildman–Crippen LogP) is 7.60. The molecular formula is C24H15Cl3FNO3S. The van der Waals surface area contributed by atoms with E-state index in [4.69, 9.17) is 39.5 Å². The van der Waals surface area contributed by atoms with Crippen LogP contribution in [0.4, 0.5) is 9.18 Å². The number of benzene rings is 3. The fourth-order valence-electron chi connectivity index (χ4n) is 3.13. The van der Waals surface area contributed by atoms with Gasteiger partial charge >= 0.3 is 0 Å². The number of carbonyl (C=O) groups excluding carboxylic acids is 2. The molecule has 0 atom stereocenters.